The molecule has 0 aliphatic heterocycles. The van der Waals surface area contributed by atoms with Gasteiger partial charge >= 0.3 is 0 Å². The summed E-state index contributed by atoms with van der Waals surface area (Å²) in [4.78, 5) is 0. The van der Waals surface area contributed by atoms with E-state index in [4.69, 9.17) is 0 Å². The maximum absolute atomic E-state index is 2.17. The molecule has 0 heterocycles. The van der Waals surface area contributed by atoms with E-state index in [0.29, 0.717) is 6.71 Å². The molecule has 0 saturated heterocycles. The van der Waals surface area contributed by atoms with Crippen LogP contribution >= 0.6 is 0 Å². The second kappa shape index (κ2) is 6.41. The van der Waals surface area contributed by atoms with Crippen LogP contribution in [0, 0.1) is 0 Å². The largest absolute Gasteiger partial charge is 0.217 e. The predicted molar refractivity (Wildman–Crippen MR) is 50.2 cm³/mol. The predicted octanol–water partition coefficient (Wildman–Crippen LogP) is 2.83. The molecule has 0 aromatic heterocycles. The fourth-order valence-corrected chi connectivity index (χ4v) is 0.859. The molecule has 1 heteroatoms. The maximum Gasteiger partial charge on any atom is 0.217 e. The van der Waals surface area contributed by atoms with Crippen LogP contribution < -0.4 is 0 Å². The monoisotopic (exact) mass is 134 g/mol. The molecule has 0 aromatic rings. The molecule has 0 spiro atoms. The first-order valence-electron chi connectivity index (χ1n) is 3.73. The molecule has 0 rings (SSSR count). The molecule has 0 aromatic carbocycles. The third-order valence-electron chi connectivity index (χ3n) is 1.24. The molecule has 0 nitrogen and oxygen atoms in total. The van der Waals surface area contributed by atoms with E-state index in [1.54, 1.807) is 0 Å². The zero-order chi connectivity index (χ0) is 7.82. The van der Waals surface area contributed by atoms with Gasteiger partial charge in [-0.15, -0.1) is 17.9 Å². The van der Waals surface area contributed by atoms with Gasteiger partial charge in [0.1, 0.15) is 0 Å². The molecule has 0 fully saturated rings. The lowest BCUT2D eigenvalue weighted by atomic mass is 9.50. The van der Waals surface area contributed by atoms with Crippen LogP contribution in [0.4, 0.5) is 0 Å². The molecular weight excluding hydrogens is 119 g/mol. The van der Waals surface area contributed by atoms with Crippen molar-refractivity contribution in [2.75, 3.05) is 0 Å². The van der Waals surface area contributed by atoms with E-state index >= 15 is 0 Å². The smallest absolute Gasteiger partial charge is 0.111 e. The van der Waals surface area contributed by atoms with E-state index in [0.717, 1.165) is 0 Å². The van der Waals surface area contributed by atoms with Crippen molar-refractivity contribution in [3.05, 3.63) is 36.2 Å². The number of rotatable bonds is 3. The minimum atomic E-state index is 0.486. The Kier molecular flexibility index (Phi) is 5.95. The van der Waals surface area contributed by atoms with Crippen LogP contribution in [0.5, 0.6) is 0 Å². The van der Waals surface area contributed by atoms with E-state index in [1.807, 2.05) is 20.8 Å². The second-order valence-corrected chi connectivity index (χ2v) is 2.15. The number of hydrogen-bond acceptors (Lipinski definition) is 0. The summed E-state index contributed by atoms with van der Waals surface area (Å²) in [5.74, 6) is 6.50. The van der Waals surface area contributed by atoms with Crippen LogP contribution in [-0.4, -0.2) is 6.71 Å². The minimum absolute atomic E-state index is 0.486. The summed E-state index contributed by atoms with van der Waals surface area (Å²) in [6.07, 6.45) is 6.22. The molecule has 0 unspecified atom stereocenters. The van der Waals surface area contributed by atoms with Crippen molar-refractivity contribution in [2.24, 2.45) is 0 Å². The maximum atomic E-state index is 2.17. The van der Waals surface area contributed by atoms with Crippen molar-refractivity contribution in [3.8, 4) is 0 Å². The lowest BCUT2D eigenvalue weighted by Gasteiger charge is -1.91. The molecule has 0 bridgehead atoms. The van der Waals surface area contributed by atoms with E-state index in [1.165, 1.54) is 0 Å². The fraction of sp³-hybridized carbons (Fsp3) is 0.333. The Morgan fingerprint density at radius 1 is 0.700 bits per heavy atom. The average molecular weight is 134 g/mol. The fourth-order valence-electron chi connectivity index (χ4n) is 0.859. The summed E-state index contributed by atoms with van der Waals surface area (Å²) in [5, 5.41) is 0. The Balaban J connectivity index is 3.97. The van der Waals surface area contributed by atoms with Crippen LogP contribution in [0.3, 0.4) is 0 Å². The van der Waals surface area contributed by atoms with Crippen molar-refractivity contribution in [1.29, 1.82) is 0 Å². The topological polar surface area (TPSA) is 0 Å². The Morgan fingerprint density at radius 3 is 1.20 bits per heavy atom. The Bertz CT molecular complexity index is 114. The van der Waals surface area contributed by atoms with Crippen LogP contribution in [0.2, 0.25) is 0 Å². The molecule has 0 atom stereocenters. The zero-order valence-corrected chi connectivity index (χ0v) is 7.04. The quantitative estimate of drug-likeness (QED) is 0.520. The first-order valence-corrected chi connectivity index (χ1v) is 3.73. The van der Waals surface area contributed by atoms with Crippen LogP contribution in [-0.2, 0) is 0 Å². The molecule has 0 aliphatic carbocycles. The summed E-state index contributed by atoms with van der Waals surface area (Å²) in [7, 11) is 0. The van der Waals surface area contributed by atoms with Gasteiger partial charge in [-0.1, -0.05) is 18.2 Å². The first kappa shape index (κ1) is 9.28. The molecule has 0 amide bonds. The Hall–Kier alpha value is -0.715. The molecule has 0 saturated carbocycles. The molecular formula is C9H15B. The van der Waals surface area contributed by atoms with Gasteiger partial charge < -0.3 is 0 Å². The number of allylic oxidation sites excluding steroid dienone is 3. The highest BCUT2D eigenvalue weighted by Crippen LogP contribution is 1.90. The highest BCUT2D eigenvalue weighted by atomic mass is 13.6. The van der Waals surface area contributed by atoms with Crippen molar-refractivity contribution in [3.63, 3.8) is 0 Å². The van der Waals surface area contributed by atoms with E-state index in [2.05, 4.69) is 36.2 Å². The van der Waals surface area contributed by atoms with E-state index in [-0.39, 0.29) is 0 Å². The van der Waals surface area contributed by atoms with Gasteiger partial charge in [0.05, 0.1) is 0 Å². The Morgan fingerprint density at radius 2 is 1.00 bits per heavy atom. The van der Waals surface area contributed by atoms with Gasteiger partial charge in [0.25, 0.3) is 0 Å². The third kappa shape index (κ3) is 4.19. The van der Waals surface area contributed by atoms with Gasteiger partial charge in [-0.25, -0.2) is 0 Å². The second-order valence-electron chi connectivity index (χ2n) is 2.15. The summed E-state index contributed by atoms with van der Waals surface area (Å²) < 4.78 is 0. The number of hydrogen-bond donors (Lipinski definition) is 0. The summed E-state index contributed by atoms with van der Waals surface area (Å²) in [6.45, 7) is 6.61. The molecule has 0 aliphatic rings. The SMILES string of the molecule is C/C=C/B(/C=C/C)/C=C/C. The minimum Gasteiger partial charge on any atom is -0.111 e. The molecule has 0 radical (unpaired) electrons. The van der Waals surface area contributed by atoms with Crippen LogP contribution in [0.15, 0.2) is 36.2 Å². The van der Waals surface area contributed by atoms with Gasteiger partial charge in [0.15, 0.2) is 0 Å². The molecule has 0 N–H and O–H groups in total. The zero-order valence-electron chi connectivity index (χ0n) is 7.04. The van der Waals surface area contributed by atoms with Crippen molar-refractivity contribution in [1.82, 2.24) is 0 Å². The first-order chi connectivity index (χ1) is 4.85. The third-order valence-corrected chi connectivity index (χ3v) is 1.24. The summed E-state index contributed by atoms with van der Waals surface area (Å²) in [5.41, 5.74) is 0. The van der Waals surface area contributed by atoms with Gasteiger partial charge in [-0.3, -0.25) is 0 Å². The lowest BCUT2D eigenvalue weighted by Crippen LogP contribution is -2.00. The van der Waals surface area contributed by atoms with Gasteiger partial charge in [0.2, 0.25) is 6.71 Å². The van der Waals surface area contributed by atoms with Gasteiger partial charge in [-0.2, -0.15) is 0 Å². The van der Waals surface area contributed by atoms with E-state index < -0.39 is 0 Å². The average Bonchev–Trinajstić information content (AvgIpc) is 1.90. The van der Waals surface area contributed by atoms with Crippen LogP contribution in [0.1, 0.15) is 20.8 Å². The summed E-state index contributed by atoms with van der Waals surface area (Å²) >= 11 is 0. The van der Waals surface area contributed by atoms with E-state index in [9.17, 15) is 0 Å². The van der Waals surface area contributed by atoms with Crippen molar-refractivity contribution >= 4 is 6.71 Å². The van der Waals surface area contributed by atoms with Gasteiger partial charge in [-0.05, 0) is 20.8 Å². The molecule has 54 valence electrons. The van der Waals surface area contributed by atoms with Crippen molar-refractivity contribution < 1.29 is 0 Å². The van der Waals surface area contributed by atoms with Gasteiger partial charge in [0, 0.05) is 0 Å². The molecule has 10 heavy (non-hydrogen) atoms. The summed E-state index contributed by atoms with van der Waals surface area (Å²) in [6, 6.07) is 0. The van der Waals surface area contributed by atoms with Crippen LogP contribution in [0.25, 0.3) is 0 Å². The normalized spacial score (nSPS) is 12.3. The lowest BCUT2D eigenvalue weighted by molar-refractivity contribution is 1.73. The Labute approximate surface area is 64.4 Å². The highest BCUT2D eigenvalue weighted by molar-refractivity contribution is 6.74. The standard InChI is InChI=1S/C9H15B/c1-4-7-10(8-5-2)9-6-3/h4-9H,1-3H3/b7-4+,8-5+,9-6+. The van der Waals surface area contributed by atoms with Crippen molar-refractivity contribution in [2.45, 2.75) is 20.8 Å². The highest BCUT2D eigenvalue weighted by Gasteiger charge is 1.95.